The lowest BCUT2D eigenvalue weighted by atomic mass is 9.90. The molecule has 0 unspecified atom stereocenters. The van der Waals surface area contributed by atoms with Crippen LogP contribution in [0.2, 0.25) is 0 Å². The van der Waals surface area contributed by atoms with Crippen LogP contribution in [0.4, 0.5) is 0 Å². The molecule has 2 rings (SSSR count). The summed E-state index contributed by atoms with van der Waals surface area (Å²) < 4.78 is 0. The first kappa shape index (κ1) is 13.1. The molecule has 1 aliphatic rings. The summed E-state index contributed by atoms with van der Waals surface area (Å²) in [5.41, 5.74) is 1.80. The summed E-state index contributed by atoms with van der Waals surface area (Å²) in [4.78, 5) is 4.15. The molecule has 0 amide bonds. The SMILES string of the molecule is CCC1(CC)CN(Cc2sccc2C)CCN1. The third-order valence-electron chi connectivity index (χ3n) is 4.14. The van der Waals surface area contributed by atoms with E-state index in [9.17, 15) is 0 Å². The van der Waals surface area contributed by atoms with Gasteiger partial charge in [-0.25, -0.2) is 0 Å². The fraction of sp³-hybridized carbons (Fsp3) is 0.714. The predicted molar refractivity (Wildman–Crippen MR) is 75.6 cm³/mol. The Labute approximate surface area is 109 Å². The fourth-order valence-corrected chi connectivity index (χ4v) is 3.62. The fourth-order valence-electron chi connectivity index (χ4n) is 2.67. The van der Waals surface area contributed by atoms with Crippen LogP contribution in [0.15, 0.2) is 11.4 Å². The molecule has 2 heterocycles. The van der Waals surface area contributed by atoms with Gasteiger partial charge in [-0.15, -0.1) is 11.3 Å². The first-order valence-electron chi connectivity index (χ1n) is 6.69. The van der Waals surface area contributed by atoms with E-state index < -0.39 is 0 Å². The van der Waals surface area contributed by atoms with Crippen molar-refractivity contribution >= 4 is 11.3 Å². The van der Waals surface area contributed by atoms with Gasteiger partial charge < -0.3 is 5.32 Å². The number of nitrogens with zero attached hydrogens (tertiary/aromatic N) is 1. The minimum absolute atomic E-state index is 0.351. The molecule has 1 aliphatic heterocycles. The molecule has 17 heavy (non-hydrogen) atoms. The molecule has 96 valence electrons. The van der Waals surface area contributed by atoms with Gasteiger partial charge in [-0.3, -0.25) is 4.90 Å². The van der Waals surface area contributed by atoms with E-state index in [1.807, 2.05) is 11.3 Å². The molecular weight excluding hydrogens is 228 g/mol. The van der Waals surface area contributed by atoms with Crippen molar-refractivity contribution in [3.63, 3.8) is 0 Å². The quantitative estimate of drug-likeness (QED) is 0.886. The van der Waals surface area contributed by atoms with Crippen LogP contribution < -0.4 is 5.32 Å². The first-order chi connectivity index (χ1) is 8.19. The third kappa shape index (κ3) is 2.90. The number of piperazine rings is 1. The van der Waals surface area contributed by atoms with Gasteiger partial charge in [-0.05, 0) is 36.8 Å². The van der Waals surface area contributed by atoms with Crippen LogP contribution in [0.25, 0.3) is 0 Å². The van der Waals surface area contributed by atoms with Crippen LogP contribution in [-0.2, 0) is 6.54 Å². The summed E-state index contributed by atoms with van der Waals surface area (Å²) in [5.74, 6) is 0. The molecule has 0 spiro atoms. The van der Waals surface area contributed by atoms with Crippen LogP contribution in [0.3, 0.4) is 0 Å². The van der Waals surface area contributed by atoms with Crippen molar-refractivity contribution in [3.8, 4) is 0 Å². The van der Waals surface area contributed by atoms with Crippen molar-refractivity contribution in [1.82, 2.24) is 10.2 Å². The molecule has 2 nitrogen and oxygen atoms in total. The Morgan fingerprint density at radius 1 is 1.41 bits per heavy atom. The molecule has 0 radical (unpaired) electrons. The molecule has 0 saturated carbocycles. The molecule has 0 atom stereocenters. The van der Waals surface area contributed by atoms with Gasteiger partial charge in [0, 0.05) is 36.6 Å². The van der Waals surface area contributed by atoms with E-state index in [1.165, 1.54) is 36.4 Å². The highest BCUT2D eigenvalue weighted by Crippen LogP contribution is 2.23. The van der Waals surface area contributed by atoms with E-state index in [-0.39, 0.29) is 0 Å². The van der Waals surface area contributed by atoms with Crippen LogP contribution in [0.1, 0.15) is 37.1 Å². The summed E-state index contributed by atoms with van der Waals surface area (Å²) in [6.45, 7) is 11.5. The Kier molecular flexibility index (Phi) is 4.23. The van der Waals surface area contributed by atoms with Crippen molar-refractivity contribution in [2.45, 2.75) is 45.7 Å². The predicted octanol–water partition coefficient (Wildman–Crippen LogP) is 3.02. The van der Waals surface area contributed by atoms with Crippen LogP contribution in [0, 0.1) is 6.92 Å². The highest BCUT2D eigenvalue weighted by atomic mass is 32.1. The van der Waals surface area contributed by atoms with Gasteiger partial charge in [-0.1, -0.05) is 13.8 Å². The van der Waals surface area contributed by atoms with E-state index in [1.54, 1.807) is 0 Å². The summed E-state index contributed by atoms with van der Waals surface area (Å²) in [7, 11) is 0. The first-order valence-corrected chi connectivity index (χ1v) is 7.57. The second kappa shape index (κ2) is 5.51. The van der Waals surface area contributed by atoms with Crippen molar-refractivity contribution in [2.75, 3.05) is 19.6 Å². The van der Waals surface area contributed by atoms with Gasteiger partial charge in [-0.2, -0.15) is 0 Å². The molecular formula is C14H24N2S. The smallest absolute Gasteiger partial charge is 0.0331 e. The lowest BCUT2D eigenvalue weighted by Gasteiger charge is -2.43. The Morgan fingerprint density at radius 3 is 2.76 bits per heavy atom. The van der Waals surface area contributed by atoms with Gasteiger partial charge in [0.05, 0.1) is 0 Å². The van der Waals surface area contributed by atoms with E-state index in [2.05, 4.69) is 42.4 Å². The number of hydrogen-bond donors (Lipinski definition) is 1. The van der Waals surface area contributed by atoms with Gasteiger partial charge in [0.25, 0.3) is 0 Å². The van der Waals surface area contributed by atoms with Crippen molar-refractivity contribution in [2.24, 2.45) is 0 Å². The Hall–Kier alpha value is -0.380. The molecule has 0 aromatic carbocycles. The Morgan fingerprint density at radius 2 is 2.18 bits per heavy atom. The van der Waals surface area contributed by atoms with Crippen LogP contribution in [0.5, 0.6) is 0 Å². The molecule has 0 aliphatic carbocycles. The molecule has 0 bridgehead atoms. The zero-order chi connectivity index (χ0) is 12.3. The Balaban J connectivity index is 2.00. The normalized spacial score (nSPS) is 20.6. The van der Waals surface area contributed by atoms with E-state index in [0.717, 1.165) is 13.1 Å². The summed E-state index contributed by atoms with van der Waals surface area (Å²) in [6, 6.07) is 2.23. The summed E-state index contributed by atoms with van der Waals surface area (Å²) in [5, 5.41) is 5.93. The number of aryl methyl sites for hydroxylation is 1. The number of thiophene rings is 1. The maximum absolute atomic E-state index is 3.72. The highest BCUT2D eigenvalue weighted by molar-refractivity contribution is 7.10. The van der Waals surface area contributed by atoms with Crippen molar-refractivity contribution in [1.29, 1.82) is 0 Å². The highest BCUT2D eigenvalue weighted by Gasteiger charge is 2.31. The summed E-state index contributed by atoms with van der Waals surface area (Å²) >= 11 is 1.90. The number of hydrogen-bond acceptors (Lipinski definition) is 3. The van der Waals surface area contributed by atoms with Gasteiger partial charge >= 0.3 is 0 Å². The second-order valence-corrected chi connectivity index (χ2v) is 6.15. The van der Waals surface area contributed by atoms with E-state index in [4.69, 9.17) is 0 Å². The molecule has 3 heteroatoms. The topological polar surface area (TPSA) is 15.3 Å². The molecule has 1 saturated heterocycles. The third-order valence-corrected chi connectivity index (χ3v) is 5.15. The van der Waals surface area contributed by atoms with E-state index in [0.29, 0.717) is 5.54 Å². The van der Waals surface area contributed by atoms with E-state index >= 15 is 0 Å². The maximum Gasteiger partial charge on any atom is 0.0331 e. The number of rotatable bonds is 4. The lowest BCUT2D eigenvalue weighted by Crippen LogP contribution is -2.59. The van der Waals surface area contributed by atoms with Crippen molar-refractivity contribution in [3.05, 3.63) is 21.9 Å². The standard InChI is InChI=1S/C14H24N2S/c1-4-14(5-2)11-16(8-7-15-14)10-13-12(3)6-9-17-13/h6,9,15H,4-5,7-8,10-11H2,1-3H3. The van der Waals surface area contributed by atoms with Gasteiger partial charge in [0.15, 0.2) is 0 Å². The second-order valence-electron chi connectivity index (χ2n) is 5.15. The minimum atomic E-state index is 0.351. The zero-order valence-electron chi connectivity index (χ0n) is 11.3. The molecule has 1 fully saturated rings. The Bertz CT molecular complexity index is 355. The van der Waals surface area contributed by atoms with Gasteiger partial charge in [0.1, 0.15) is 0 Å². The maximum atomic E-state index is 3.72. The van der Waals surface area contributed by atoms with Gasteiger partial charge in [0.2, 0.25) is 0 Å². The van der Waals surface area contributed by atoms with Crippen LogP contribution >= 0.6 is 11.3 Å². The molecule has 1 N–H and O–H groups in total. The minimum Gasteiger partial charge on any atom is -0.309 e. The zero-order valence-corrected chi connectivity index (χ0v) is 12.1. The monoisotopic (exact) mass is 252 g/mol. The summed E-state index contributed by atoms with van der Waals surface area (Å²) in [6.07, 6.45) is 2.45. The number of nitrogens with one attached hydrogen (secondary N) is 1. The van der Waals surface area contributed by atoms with Crippen LogP contribution in [-0.4, -0.2) is 30.1 Å². The average Bonchev–Trinajstić information content (AvgIpc) is 2.75. The molecule has 1 aromatic heterocycles. The molecule has 1 aromatic rings. The lowest BCUT2D eigenvalue weighted by molar-refractivity contribution is 0.119. The van der Waals surface area contributed by atoms with Crippen molar-refractivity contribution < 1.29 is 0 Å². The average molecular weight is 252 g/mol. The largest absolute Gasteiger partial charge is 0.309 e.